The number of methoxy groups -OCH3 is 1. The van der Waals surface area contributed by atoms with Gasteiger partial charge in [0.25, 0.3) is 5.91 Å². The molecule has 1 rings (SSSR count). The van der Waals surface area contributed by atoms with Crippen molar-refractivity contribution < 1.29 is 14.3 Å². The van der Waals surface area contributed by atoms with E-state index in [0.717, 1.165) is 0 Å². The number of nitrogens with one attached hydrogen (secondary N) is 2. The van der Waals surface area contributed by atoms with Gasteiger partial charge in [-0.05, 0) is 39.0 Å². The number of nitrogens with two attached hydrogens (primary N) is 1. The number of terminal acetylenes is 1. The molecule has 138 valence electrons. The molecule has 0 unspecified atom stereocenters. The molecule has 0 saturated carbocycles. The fourth-order valence-electron chi connectivity index (χ4n) is 1.28. The standard InChI is InChI=1S/C12H11N3O2.C5H12O.C2H6/c1-2-8-3-4-10(15-5-6-16)9(7-8)11(13)12(14)17;1-5(2,3)6-4;1-2/h1,3-4,6-7,13,15H,5H2,(H2,14,17);1-4H3;1-2H3. The van der Waals surface area contributed by atoms with Crippen molar-refractivity contribution in [1.29, 1.82) is 5.41 Å². The van der Waals surface area contributed by atoms with Gasteiger partial charge in [0.1, 0.15) is 12.0 Å². The fourth-order valence-corrected chi connectivity index (χ4v) is 1.28. The summed E-state index contributed by atoms with van der Waals surface area (Å²) in [5.74, 6) is 1.54. The number of primary amides is 1. The van der Waals surface area contributed by atoms with Crippen molar-refractivity contribution in [2.24, 2.45) is 5.73 Å². The Hall–Kier alpha value is -2.65. The third kappa shape index (κ3) is 10.7. The molecule has 1 aromatic carbocycles. The van der Waals surface area contributed by atoms with Crippen molar-refractivity contribution in [3.63, 3.8) is 0 Å². The minimum atomic E-state index is -0.853. The second kappa shape index (κ2) is 12.7. The highest BCUT2D eigenvalue weighted by Crippen LogP contribution is 2.17. The third-order valence-corrected chi connectivity index (χ3v) is 2.69. The molecular weight excluding hydrogens is 318 g/mol. The molecule has 0 aliphatic heterocycles. The van der Waals surface area contributed by atoms with Crippen molar-refractivity contribution in [2.75, 3.05) is 19.0 Å². The Bertz CT molecular complexity index is 611. The molecular formula is C19H29N3O3. The second-order valence-corrected chi connectivity index (χ2v) is 5.51. The molecule has 1 aromatic rings. The van der Waals surface area contributed by atoms with Crippen LogP contribution in [0.5, 0.6) is 0 Å². The van der Waals surface area contributed by atoms with E-state index in [4.69, 9.17) is 22.3 Å². The first kappa shape index (κ1) is 24.6. The van der Waals surface area contributed by atoms with Crippen LogP contribution in [-0.4, -0.2) is 37.2 Å². The highest BCUT2D eigenvalue weighted by atomic mass is 16.5. The van der Waals surface area contributed by atoms with Crippen LogP contribution in [0.2, 0.25) is 0 Å². The van der Waals surface area contributed by atoms with Crippen molar-refractivity contribution >= 4 is 23.6 Å². The third-order valence-electron chi connectivity index (χ3n) is 2.69. The van der Waals surface area contributed by atoms with Crippen molar-refractivity contribution in [3.05, 3.63) is 29.3 Å². The molecule has 0 aliphatic rings. The number of carbonyl (C=O) groups is 2. The van der Waals surface area contributed by atoms with E-state index in [2.05, 4.69) is 11.2 Å². The Morgan fingerprint density at radius 2 is 1.92 bits per heavy atom. The van der Waals surface area contributed by atoms with Gasteiger partial charge < -0.3 is 20.6 Å². The van der Waals surface area contributed by atoms with E-state index in [-0.39, 0.29) is 23.4 Å². The number of aldehydes is 1. The van der Waals surface area contributed by atoms with Gasteiger partial charge >= 0.3 is 0 Å². The monoisotopic (exact) mass is 347 g/mol. The van der Waals surface area contributed by atoms with Crippen LogP contribution in [0.1, 0.15) is 45.7 Å². The first-order valence-electron chi connectivity index (χ1n) is 7.88. The lowest BCUT2D eigenvalue weighted by Crippen LogP contribution is -2.24. The maximum atomic E-state index is 11.0. The van der Waals surface area contributed by atoms with Gasteiger partial charge in [0, 0.05) is 23.9 Å². The molecule has 0 heterocycles. The van der Waals surface area contributed by atoms with E-state index in [1.54, 1.807) is 19.2 Å². The number of benzene rings is 1. The number of amides is 1. The van der Waals surface area contributed by atoms with E-state index >= 15 is 0 Å². The molecule has 0 aromatic heterocycles. The molecule has 6 heteroatoms. The minimum absolute atomic E-state index is 0.0417. The zero-order chi connectivity index (χ0) is 20.0. The predicted octanol–water partition coefficient (Wildman–Crippen LogP) is 2.59. The van der Waals surface area contributed by atoms with Crippen molar-refractivity contribution in [2.45, 2.75) is 40.2 Å². The molecule has 0 bridgehead atoms. The molecule has 25 heavy (non-hydrogen) atoms. The van der Waals surface area contributed by atoms with Gasteiger partial charge in [0.15, 0.2) is 0 Å². The molecule has 4 N–H and O–H groups in total. The Kier molecular flexibility index (Phi) is 12.5. The summed E-state index contributed by atoms with van der Waals surface area (Å²) < 4.78 is 4.94. The molecule has 6 nitrogen and oxygen atoms in total. The van der Waals surface area contributed by atoms with Crippen LogP contribution in [0.4, 0.5) is 5.69 Å². The lowest BCUT2D eigenvalue weighted by Gasteiger charge is -2.14. The van der Waals surface area contributed by atoms with Crippen LogP contribution in [0.3, 0.4) is 0 Å². The highest BCUT2D eigenvalue weighted by Gasteiger charge is 2.13. The van der Waals surface area contributed by atoms with Crippen LogP contribution >= 0.6 is 0 Å². The van der Waals surface area contributed by atoms with E-state index in [0.29, 0.717) is 17.5 Å². The van der Waals surface area contributed by atoms with Crippen molar-refractivity contribution in [1.82, 2.24) is 0 Å². The summed E-state index contributed by atoms with van der Waals surface area (Å²) in [7, 11) is 1.71. The predicted molar refractivity (Wildman–Crippen MR) is 103 cm³/mol. The molecule has 0 atom stereocenters. The van der Waals surface area contributed by atoms with E-state index in [9.17, 15) is 9.59 Å². The fraction of sp³-hybridized carbons (Fsp3) is 0.421. The quantitative estimate of drug-likeness (QED) is 0.432. The zero-order valence-electron chi connectivity index (χ0n) is 15.9. The molecule has 0 fully saturated rings. The van der Waals surface area contributed by atoms with Crippen LogP contribution in [-0.2, 0) is 14.3 Å². The smallest absolute Gasteiger partial charge is 0.267 e. The number of hydrogen-bond acceptors (Lipinski definition) is 5. The lowest BCUT2D eigenvalue weighted by molar-refractivity contribution is -0.112. The largest absolute Gasteiger partial charge is 0.379 e. The topological polar surface area (TPSA) is 105 Å². The Morgan fingerprint density at radius 3 is 2.28 bits per heavy atom. The van der Waals surface area contributed by atoms with Gasteiger partial charge in [-0.1, -0.05) is 19.8 Å². The first-order valence-corrected chi connectivity index (χ1v) is 7.88. The van der Waals surface area contributed by atoms with Gasteiger partial charge in [-0.25, -0.2) is 0 Å². The summed E-state index contributed by atoms with van der Waals surface area (Å²) in [6.07, 6.45) is 5.91. The Labute approximate surface area is 150 Å². The number of carbonyl (C=O) groups excluding carboxylic acids is 2. The molecule has 1 amide bonds. The summed E-state index contributed by atoms with van der Waals surface area (Å²) in [5, 5.41) is 10.3. The zero-order valence-corrected chi connectivity index (χ0v) is 15.9. The minimum Gasteiger partial charge on any atom is -0.379 e. The van der Waals surface area contributed by atoms with Crippen LogP contribution in [0.25, 0.3) is 0 Å². The van der Waals surface area contributed by atoms with E-state index in [1.165, 1.54) is 6.07 Å². The summed E-state index contributed by atoms with van der Waals surface area (Å²) in [6, 6.07) is 4.75. The summed E-state index contributed by atoms with van der Waals surface area (Å²) in [4.78, 5) is 21.3. The SMILES string of the molecule is C#Cc1ccc(NCC=O)c(C(=N)C(N)=O)c1.CC.COC(C)(C)C. The number of ether oxygens (including phenoxy) is 1. The summed E-state index contributed by atoms with van der Waals surface area (Å²) >= 11 is 0. The van der Waals surface area contributed by atoms with Gasteiger partial charge in [0.05, 0.1) is 12.1 Å². The average molecular weight is 347 g/mol. The van der Waals surface area contributed by atoms with E-state index in [1.807, 2.05) is 34.6 Å². The molecule has 0 radical (unpaired) electrons. The summed E-state index contributed by atoms with van der Waals surface area (Å²) in [5.41, 5.74) is 6.02. The first-order chi connectivity index (χ1) is 11.7. The maximum Gasteiger partial charge on any atom is 0.267 e. The summed E-state index contributed by atoms with van der Waals surface area (Å²) in [6.45, 7) is 10.1. The van der Waals surface area contributed by atoms with Gasteiger partial charge in [-0.2, -0.15) is 0 Å². The van der Waals surface area contributed by atoms with Crippen LogP contribution in [0.15, 0.2) is 18.2 Å². The normalized spacial score (nSPS) is 9.32. The second-order valence-electron chi connectivity index (χ2n) is 5.51. The average Bonchev–Trinajstić information content (AvgIpc) is 2.60. The maximum absolute atomic E-state index is 11.0. The van der Waals surface area contributed by atoms with Gasteiger partial charge in [-0.3, -0.25) is 10.2 Å². The van der Waals surface area contributed by atoms with Gasteiger partial charge in [-0.15, -0.1) is 6.42 Å². The molecule has 0 saturated heterocycles. The lowest BCUT2D eigenvalue weighted by atomic mass is 10.0. The number of rotatable bonds is 5. The Morgan fingerprint density at radius 1 is 1.40 bits per heavy atom. The number of hydrogen-bond donors (Lipinski definition) is 3. The van der Waals surface area contributed by atoms with Crippen LogP contribution < -0.4 is 11.1 Å². The molecule has 0 aliphatic carbocycles. The highest BCUT2D eigenvalue weighted by molar-refractivity contribution is 6.44. The van der Waals surface area contributed by atoms with Crippen LogP contribution in [0, 0.1) is 17.8 Å². The van der Waals surface area contributed by atoms with Crippen molar-refractivity contribution in [3.8, 4) is 12.3 Å². The van der Waals surface area contributed by atoms with Gasteiger partial charge in [0.2, 0.25) is 0 Å². The molecule has 0 spiro atoms. The van der Waals surface area contributed by atoms with E-state index < -0.39 is 5.91 Å². The number of anilines is 1. The Balaban J connectivity index is 0.